The predicted molar refractivity (Wildman–Crippen MR) is 99.4 cm³/mol. The van der Waals surface area contributed by atoms with Crippen molar-refractivity contribution in [2.24, 2.45) is 0 Å². The van der Waals surface area contributed by atoms with Gasteiger partial charge in [0.2, 0.25) is 0 Å². The molecule has 1 saturated carbocycles. The lowest BCUT2D eigenvalue weighted by atomic mass is 9.98. The van der Waals surface area contributed by atoms with Crippen molar-refractivity contribution in [3.63, 3.8) is 0 Å². The van der Waals surface area contributed by atoms with Crippen molar-refractivity contribution in [3.05, 3.63) is 52.3 Å². The summed E-state index contributed by atoms with van der Waals surface area (Å²) in [7, 11) is 0. The van der Waals surface area contributed by atoms with Crippen LogP contribution in [0, 0.1) is 0 Å². The first-order chi connectivity index (χ1) is 12.0. The summed E-state index contributed by atoms with van der Waals surface area (Å²) < 4.78 is 0. The molecule has 134 valence electrons. The number of aliphatic hydroxyl groups is 1. The van der Waals surface area contributed by atoms with E-state index in [-0.39, 0.29) is 0 Å². The van der Waals surface area contributed by atoms with Crippen LogP contribution in [0.15, 0.2) is 24.3 Å². The van der Waals surface area contributed by atoms with Crippen LogP contribution in [0.3, 0.4) is 0 Å². The monoisotopic (exact) mass is 339 g/mol. The van der Waals surface area contributed by atoms with E-state index >= 15 is 0 Å². The van der Waals surface area contributed by atoms with Crippen molar-refractivity contribution in [2.45, 2.75) is 70.6 Å². The molecule has 0 unspecified atom stereocenters. The third-order valence-corrected chi connectivity index (χ3v) is 5.46. The lowest BCUT2D eigenvalue weighted by molar-refractivity contribution is 0.0714. The maximum atomic E-state index is 9.86. The summed E-state index contributed by atoms with van der Waals surface area (Å²) in [6.07, 6.45) is 5.42. The van der Waals surface area contributed by atoms with Gasteiger partial charge < -0.3 is 5.11 Å². The largest absolute Gasteiger partial charge is 0.390 e. The number of nitrogens with zero attached hydrogens (tertiary/aromatic N) is 2. The van der Waals surface area contributed by atoms with Gasteiger partial charge >= 0.3 is 0 Å². The van der Waals surface area contributed by atoms with Gasteiger partial charge in [0.05, 0.1) is 11.3 Å². The van der Waals surface area contributed by atoms with Crippen molar-refractivity contribution in [2.75, 3.05) is 6.54 Å². The van der Waals surface area contributed by atoms with E-state index in [0.717, 1.165) is 44.8 Å². The van der Waals surface area contributed by atoms with E-state index in [1.807, 2.05) is 13.8 Å². The number of rotatable bonds is 6. The number of aryl methyl sites for hydroxylation is 1. The van der Waals surface area contributed by atoms with Gasteiger partial charge in [0.25, 0.3) is 0 Å². The van der Waals surface area contributed by atoms with E-state index < -0.39 is 5.60 Å². The summed E-state index contributed by atoms with van der Waals surface area (Å²) in [6.45, 7) is 6.87. The van der Waals surface area contributed by atoms with Crippen LogP contribution >= 0.6 is 0 Å². The number of hydrogen-bond donors (Lipinski definition) is 2. The van der Waals surface area contributed by atoms with Crippen LogP contribution in [-0.4, -0.2) is 32.3 Å². The van der Waals surface area contributed by atoms with Crippen LogP contribution in [0.5, 0.6) is 0 Å². The van der Waals surface area contributed by atoms with Gasteiger partial charge in [-0.2, -0.15) is 5.10 Å². The molecule has 0 amide bonds. The number of nitrogens with one attached hydrogen (secondary N) is 1. The number of aromatic nitrogens is 2. The van der Waals surface area contributed by atoms with Crippen LogP contribution in [0.4, 0.5) is 0 Å². The second-order valence-corrected chi connectivity index (χ2v) is 8.43. The van der Waals surface area contributed by atoms with Crippen LogP contribution in [0.25, 0.3) is 0 Å². The van der Waals surface area contributed by atoms with Crippen molar-refractivity contribution in [3.8, 4) is 0 Å². The molecule has 1 aliphatic carbocycles. The fraction of sp³-hybridized carbons (Fsp3) is 0.571. The van der Waals surface area contributed by atoms with Gasteiger partial charge in [-0.05, 0) is 50.7 Å². The molecule has 1 aliphatic heterocycles. The van der Waals surface area contributed by atoms with E-state index in [0.29, 0.717) is 0 Å². The molecule has 0 spiro atoms. The third kappa shape index (κ3) is 4.13. The van der Waals surface area contributed by atoms with Gasteiger partial charge in [0, 0.05) is 43.2 Å². The molecule has 1 fully saturated rings. The molecule has 2 aromatic rings. The zero-order valence-electron chi connectivity index (χ0n) is 15.4. The summed E-state index contributed by atoms with van der Waals surface area (Å²) in [5, 5.41) is 17.7. The van der Waals surface area contributed by atoms with Gasteiger partial charge in [-0.3, -0.25) is 10.00 Å². The minimum absolute atomic E-state index is 0.589. The molecule has 0 saturated heterocycles. The molecule has 1 aromatic heterocycles. The molecular formula is C21H29N3O. The highest BCUT2D eigenvalue weighted by atomic mass is 16.3. The van der Waals surface area contributed by atoms with Crippen molar-refractivity contribution < 1.29 is 5.11 Å². The van der Waals surface area contributed by atoms with Gasteiger partial charge in [-0.15, -0.1) is 0 Å². The minimum atomic E-state index is -0.589. The van der Waals surface area contributed by atoms with Gasteiger partial charge in [0.1, 0.15) is 0 Å². The molecule has 0 radical (unpaired) electrons. The predicted octanol–water partition coefficient (Wildman–Crippen LogP) is 3.55. The van der Waals surface area contributed by atoms with Crippen molar-refractivity contribution in [1.82, 2.24) is 15.1 Å². The zero-order chi connectivity index (χ0) is 17.4. The summed E-state index contributed by atoms with van der Waals surface area (Å²) >= 11 is 0. The Morgan fingerprint density at radius 2 is 1.92 bits per heavy atom. The summed E-state index contributed by atoms with van der Waals surface area (Å²) in [4.78, 5) is 2.54. The molecule has 2 aliphatic rings. The first-order valence-corrected chi connectivity index (χ1v) is 9.56. The maximum absolute atomic E-state index is 9.86. The average molecular weight is 339 g/mol. The van der Waals surface area contributed by atoms with Gasteiger partial charge in [-0.1, -0.05) is 24.3 Å². The van der Waals surface area contributed by atoms with E-state index in [4.69, 9.17) is 0 Å². The number of aromatic amines is 1. The molecule has 25 heavy (non-hydrogen) atoms. The summed E-state index contributed by atoms with van der Waals surface area (Å²) in [5.41, 5.74) is 6.25. The maximum Gasteiger partial charge on any atom is 0.0700 e. The molecule has 4 rings (SSSR count). The van der Waals surface area contributed by atoms with Gasteiger partial charge in [-0.25, -0.2) is 0 Å². The second kappa shape index (κ2) is 6.58. The first-order valence-electron chi connectivity index (χ1n) is 9.56. The fourth-order valence-electron chi connectivity index (χ4n) is 3.72. The Morgan fingerprint density at radius 1 is 1.20 bits per heavy atom. The molecule has 2 heterocycles. The standard InChI is InChI=1S/C21H29N3O/c1-21(2,25)11-9-15-3-5-16(6-4-15)13-24-12-10-19-18(14-24)20(23-22-19)17-7-8-17/h3-6,17,25H,7-14H2,1-2H3,(H,22,23). The Morgan fingerprint density at radius 3 is 2.60 bits per heavy atom. The molecule has 0 atom stereocenters. The van der Waals surface area contributed by atoms with Gasteiger partial charge in [0.15, 0.2) is 0 Å². The highest BCUT2D eigenvalue weighted by molar-refractivity contribution is 5.32. The highest BCUT2D eigenvalue weighted by Crippen LogP contribution is 2.42. The lowest BCUT2D eigenvalue weighted by Crippen LogP contribution is -2.30. The Bertz CT molecular complexity index is 723. The molecule has 2 N–H and O–H groups in total. The molecule has 4 heteroatoms. The summed E-state index contributed by atoms with van der Waals surface area (Å²) in [6, 6.07) is 8.91. The Labute approximate surface area is 150 Å². The number of benzene rings is 1. The minimum Gasteiger partial charge on any atom is -0.390 e. The highest BCUT2D eigenvalue weighted by Gasteiger charge is 2.32. The van der Waals surface area contributed by atoms with E-state index in [1.54, 1.807) is 0 Å². The normalized spacial score (nSPS) is 18.4. The van der Waals surface area contributed by atoms with Crippen molar-refractivity contribution >= 4 is 0 Å². The molecular weight excluding hydrogens is 310 g/mol. The second-order valence-electron chi connectivity index (χ2n) is 8.43. The van der Waals surface area contributed by atoms with Crippen LogP contribution in [0.1, 0.15) is 67.1 Å². The Balaban J connectivity index is 1.37. The average Bonchev–Trinajstić information content (AvgIpc) is 3.33. The SMILES string of the molecule is CC(C)(O)CCc1ccc(CN2CCc3[nH]nc(C4CC4)c3C2)cc1. The van der Waals surface area contributed by atoms with Crippen LogP contribution in [0.2, 0.25) is 0 Å². The summed E-state index contributed by atoms with van der Waals surface area (Å²) in [5.74, 6) is 0.718. The molecule has 1 aromatic carbocycles. The Kier molecular flexibility index (Phi) is 4.42. The third-order valence-electron chi connectivity index (χ3n) is 5.46. The number of hydrogen-bond acceptors (Lipinski definition) is 3. The fourth-order valence-corrected chi connectivity index (χ4v) is 3.72. The van der Waals surface area contributed by atoms with E-state index in [2.05, 4.69) is 39.4 Å². The van der Waals surface area contributed by atoms with Crippen molar-refractivity contribution in [1.29, 1.82) is 0 Å². The van der Waals surface area contributed by atoms with Crippen LogP contribution < -0.4 is 0 Å². The molecule has 4 nitrogen and oxygen atoms in total. The van der Waals surface area contributed by atoms with E-state index in [1.165, 1.54) is 40.9 Å². The topological polar surface area (TPSA) is 52.1 Å². The number of H-pyrrole nitrogens is 1. The quantitative estimate of drug-likeness (QED) is 0.846. The smallest absolute Gasteiger partial charge is 0.0700 e. The lowest BCUT2D eigenvalue weighted by Gasteiger charge is -2.27. The number of fused-ring (bicyclic) bond motifs is 1. The first kappa shape index (κ1) is 16.8. The van der Waals surface area contributed by atoms with E-state index in [9.17, 15) is 5.11 Å². The molecule has 0 bridgehead atoms. The zero-order valence-corrected chi connectivity index (χ0v) is 15.4. The Hall–Kier alpha value is -1.65. The van der Waals surface area contributed by atoms with Crippen LogP contribution in [-0.2, 0) is 25.9 Å².